The summed E-state index contributed by atoms with van der Waals surface area (Å²) in [4.78, 5) is 11.4. The Kier molecular flexibility index (Phi) is 15.5. The Labute approximate surface area is 528 Å². The molecule has 1 fully saturated rings. The van der Waals surface area contributed by atoms with Crippen LogP contribution in [-0.2, 0) is 42.7 Å². The Morgan fingerprint density at radius 2 is 1.13 bits per heavy atom. The minimum Gasteiger partial charge on any atom is -0.507 e. The van der Waals surface area contributed by atoms with Gasteiger partial charge in [0.25, 0.3) is 0 Å². The molecule has 0 spiro atoms. The van der Waals surface area contributed by atoms with Crippen molar-refractivity contribution in [2.75, 3.05) is 0 Å². The van der Waals surface area contributed by atoms with Crippen LogP contribution in [0.3, 0.4) is 0 Å². The van der Waals surface area contributed by atoms with Crippen LogP contribution in [0.2, 0.25) is 19.6 Å². The third-order valence-electron chi connectivity index (χ3n) is 17.8. The second-order valence-corrected chi connectivity index (χ2v) is 34.4. The van der Waals surface area contributed by atoms with Crippen molar-refractivity contribution in [3.05, 3.63) is 204 Å². The number of phenols is 1. The average molecular weight is 1330 g/mol. The first-order valence-electron chi connectivity index (χ1n) is 31.4. The van der Waals surface area contributed by atoms with Crippen LogP contribution < -0.4 is 5.19 Å². The summed E-state index contributed by atoms with van der Waals surface area (Å²) >= 11 is 0. The van der Waals surface area contributed by atoms with Crippen molar-refractivity contribution in [3.8, 4) is 73.2 Å². The van der Waals surface area contributed by atoms with E-state index >= 15 is 0 Å². The number of imidazole rings is 1. The Hall–Kier alpha value is -7.11. The Bertz CT molecular complexity index is 4410. The van der Waals surface area contributed by atoms with Gasteiger partial charge in [-0.25, -0.2) is 4.98 Å². The van der Waals surface area contributed by atoms with Crippen molar-refractivity contribution >= 4 is 46.2 Å². The van der Waals surface area contributed by atoms with Crippen LogP contribution in [0.5, 0.6) is 5.75 Å². The van der Waals surface area contributed by atoms with Crippen LogP contribution in [0.4, 0.5) is 0 Å². The van der Waals surface area contributed by atoms with Crippen molar-refractivity contribution in [2.45, 2.75) is 162 Å². The second kappa shape index (κ2) is 22.6. The van der Waals surface area contributed by atoms with Crippen LogP contribution >= 0.6 is 0 Å². The van der Waals surface area contributed by atoms with Gasteiger partial charge < -0.3 is 9.67 Å². The van der Waals surface area contributed by atoms with E-state index in [1.165, 1.54) is 33.9 Å². The molecule has 0 bridgehead atoms. The number of benzene rings is 8. The minimum absolute atomic E-state index is 0. The van der Waals surface area contributed by atoms with E-state index in [2.05, 4.69) is 288 Å². The quantitative estimate of drug-likeness (QED) is 0.116. The van der Waals surface area contributed by atoms with E-state index in [0.717, 1.165) is 120 Å². The maximum atomic E-state index is 12.8. The fourth-order valence-electron chi connectivity index (χ4n) is 12.8. The summed E-state index contributed by atoms with van der Waals surface area (Å²) in [7, 11) is -1.76. The largest absolute Gasteiger partial charge is 0.507 e. The molecule has 0 radical (unpaired) electrons. The number of pyridine rings is 1. The zero-order valence-corrected chi connectivity index (χ0v) is 56.5. The minimum atomic E-state index is -1.76. The number of nitrogens with zero attached hydrogens (tertiary/aromatic N) is 4. The van der Waals surface area contributed by atoms with Gasteiger partial charge in [0.15, 0.2) is 0 Å². The zero-order chi connectivity index (χ0) is 61.0. The molecule has 3 heterocycles. The first-order valence-corrected chi connectivity index (χ1v) is 34.4. The van der Waals surface area contributed by atoms with Crippen molar-refractivity contribution in [1.29, 1.82) is 0 Å². The molecular weight excluding hydrogens is 1240 g/mol. The standard InChI is InChI=1S/C79H85N4OSi.Pt/c1-76(2,3)56-44-54(43-55(45-56)67-40-42-71-73(80-67)62-29-22-23-31-68(62)82(71)58-36-33-52(34-37-58)60-39-35-53(46-65(60)78(7,8)9)50-25-18-16-19-26-50)61-30-24-32-70-72(61)81-75(64-47-57(77(4,5)6)48-66(74(64)84)79(10,11)12)83(70)69-41-38-59(85(13,14)15)49-63(69)51-27-20-17-21-28-51;/h17,20-24,27-42,44-50,84H,16,18-19,25-26H2,1-15H3;/q-1;/i50D;. The third kappa shape index (κ3) is 11.4. The van der Waals surface area contributed by atoms with E-state index in [9.17, 15) is 6.48 Å². The van der Waals surface area contributed by atoms with Crippen LogP contribution in [0.25, 0.3) is 100 Å². The van der Waals surface area contributed by atoms with E-state index < -0.39 is 14.0 Å². The molecule has 11 aromatic rings. The predicted octanol–water partition coefficient (Wildman–Crippen LogP) is 21.1. The fourth-order valence-corrected chi connectivity index (χ4v) is 14.0. The number of hydrogen-bond donors (Lipinski definition) is 1. The molecule has 0 unspecified atom stereocenters. The maximum Gasteiger partial charge on any atom is 0.148 e. The zero-order valence-electron chi connectivity index (χ0n) is 54.3. The fraction of sp³-hybridized carbons (Fsp3) is 0.316. The van der Waals surface area contributed by atoms with Crippen LogP contribution in [0, 0.1) is 6.07 Å². The molecule has 0 aliphatic heterocycles. The molecule has 86 heavy (non-hydrogen) atoms. The molecule has 0 saturated heterocycles. The molecule has 1 aliphatic rings. The number of phenolic OH excluding ortho intramolecular Hbond substituents is 1. The van der Waals surface area contributed by atoms with Gasteiger partial charge in [-0.05, 0) is 116 Å². The normalized spacial score (nSPS) is 14.4. The Morgan fingerprint density at radius 1 is 0.500 bits per heavy atom. The van der Waals surface area contributed by atoms with Gasteiger partial charge in [0.1, 0.15) is 11.6 Å². The Morgan fingerprint density at radius 3 is 1.80 bits per heavy atom. The molecular formula is C79H85N4OPtSi-. The van der Waals surface area contributed by atoms with Gasteiger partial charge in [-0.2, -0.15) is 0 Å². The SMILES string of the molecule is [2H]C1(c2ccc(-c3ccc(-n4c5ccccc5c5nc(-c6[c-]c(-c7cccc8c7nc(-c7cc(C(C)(C)C)cc(C(C)(C)C)c7O)n8-c7ccc([Si](C)(C)C)cc7-c7ccccc7)cc(C(C)(C)C)c6)ccc54)cc3)c(C(C)(C)C)c2)CCCCC1.[Pt]. The molecule has 0 amide bonds. The first-order chi connectivity index (χ1) is 40.6. The topological polar surface area (TPSA) is 55.9 Å². The van der Waals surface area contributed by atoms with Crippen molar-refractivity contribution in [3.63, 3.8) is 0 Å². The maximum absolute atomic E-state index is 12.8. The summed E-state index contributed by atoms with van der Waals surface area (Å²) in [6.45, 7) is 34.2. The molecule has 442 valence electrons. The summed E-state index contributed by atoms with van der Waals surface area (Å²) in [5, 5.41) is 15.2. The van der Waals surface area contributed by atoms with E-state index in [4.69, 9.17) is 9.97 Å². The summed E-state index contributed by atoms with van der Waals surface area (Å²) < 4.78 is 14.1. The van der Waals surface area contributed by atoms with Gasteiger partial charge in [0.2, 0.25) is 0 Å². The molecule has 5 nitrogen and oxygen atoms in total. The van der Waals surface area contributed by atoms with E-state index in [-0.39, 0.29) is 48.5 Å². The van der Waals surface area contributed by atoms with Gasteiger partial charge in [0.05, 0.1) is 46.9 Å². The molecule has 7 heteroatoms. The summed E-state index contributed by atoms with van der Waals surface area (Å²) in [6.07, 6.45) is 5.34. The predicted molar refractivity (Wildman–Crippen MR) is 364 cm³/mol. The van der Waals surface area contributed by atoms with Crippen LogP contribution in [0.15, 0.2) is 170 Å². The summed E-state index contributed by atoms with van der Waals surface area (Å²) in [5.41, 5.74) is 20.7. The number of rotatable bonds is 9. The van der Waals surface area contributed by atoms with Gasteiger partial charge >= 0.3 is 0 Å². The van der Waals surface area contributed by atoms with Crippen molar-refractivity contribution < 1.29 is 27.5 Å². The molecule has 12 rings (SSSR count). The van der Waals surface area contributed by atoms with E-state index in [1.54, 1.807) is 0 Å². The van der Waals surface area contributed by atoms with E-state index in [0.29, 0.717) is 11.4 Å². The summed E-state index contributed by atoms with van der Waals surface area (Å²) in [6, 6.07) is 66.0. The molecule has 1 N–H and O–H groups in total. The van der Waals surface area contributed by atoms with Gasteiger partial charge in [0, 0.05) is 50.3 Å². The monoisotopic (exact) mass is 1330 g/mol. The summed E-state index contributed by atoms with van der Waals surface area (Å²) in [5.74, 6) is 0.426. The van der Waals surface area contributed by atoms with Crippen LogP contribution in [0.1, 0.15) is 150 Å². The molecule has 3 aromatic heterocycles. The van der Waals surface area contributed by atoms with Crippen molar-refractivity contribution in [1.82, 2.24) is 19.1 Å². The number of aromatic hydroxyl groups is 1. The van der Waals surface area contributed by atoms with Crippen molar-refractivity contribution in [2.24, 2.45) is 0 Å². The number of fused-ring (bicyclic) bond motifs is 4. The number of aromatic nitrogens is 4. The molecule has 1 saturated carbocycles. The average Bonchev–Trinajstić information content (AvgIpc) is 1.67. The Balaban J connectivity index is 0.00000784. The molecule has 8 aromatic carbocycles. The van der Waals surface area contributed by atoms with Crippen LogP contribution in [-0.4, -0.2) is 32.3 Å². The van der Waals surface area contributed by atoms with Gasteiger partial charge in [-0.15, -0.1) is 29.3 Å². The van der Waals surface area contributed by atoms with E-state index in [1.807, 2.05) is 0 Å². The third-order valence-corrected chi connectivity index (χ3v) is 19.9. The second-order valence-electron chi connectivity index (χ2n) is 29.3. The van der Waals surface area contributed by atoms with Gasteiger partial charge in [-0.1, -0.05) is 254 Å². The molecule has 0 atom stereocenters. The van der Waals surface area contributed by atoms with Gasteiger partial charge in [-0.3, -0.25) is 9.55 Å². The first kappa shape index (κ1) is 59.2. The number of para-hydroxylation sites is 2. The molecule has 1 aliphatic carbocycles. The number of hydrogen-bond acceptors (Lipinski definition) is 3. The smallest absolute Gasteiger partial charge is 0.148 e.